The number of aryl methyl sites for hydroxylation is 2. The zero-order chi connectivity index (χ0) is 23.4. The van der Waals surface area contributed by atoms with Crippen LogP contribution in [-0.2, 0) is 11.2 Å². The molecule has 170 valence electrons. The summed E-state index contributed by atoms with van der Waals surface area (Å²) in [5.41, 5.74) is 1.90. The number of Topliss-reactive ketones (excluding diaryl/α,β-unsaturated/α-hetero) is 1. The van der Waals surface area contributed by atoms with Crippen molar-refractivity contribution in [1.29, 1.82) is 0 Å². The number of hydrogen-bond acceptors (Lipinski definition) is 5. The molecule has 1 atom stereocenters. The van der Waals surface area contributed by atoms with Crippen molar-refractivity contribution in [2.75, 3.05) is 12.4 Å². The summed E-state index contributed by atoms with van der Waals surface area (Å²) in [6.45, 7) is 1.83. The molecule has 0 aliphatic rings. The Hall–Kier alpha value is -3.02. The molecule has 1 heterocycles. The fourth-order valence-electron chi connectivity index (χ4n) is 3.78. The first kappa shape index (κ1) is 23.1. The molecule has 0 radical (unpaired) electrons. The number of carbonyl (C=O) groups is 1. The van der Waals surface area contributed by atoms with Gasteiger partial charge in [0.1, 0.15) is 17.3 Å². The van der Waals surface area contributed by atoms with Gasteiger partial charge in [-0.1, -0.05) is 52.6 Å². The number of hydrogen-bond donors (Lipinski definition) is 1. The van der Waals surface area contributed by atoms with E-state index < -0.39 is 0 Å². The van der Waals surface area contributed by atoms with Gasteiger partial charge < -0.3 is 14.6 Å². The zero-order valence-electron chi connectivity index (χ0n) is 18.4. The van der Waals surface area contributed by atoms with Crippen LogP contribution < -0.4 is 10.1 Å². The lowest BCUT2D eigenvalue weighted by molar-refractivity contribution is -0.119. The van der Waals surface area contributed by atoms with Crippen LogP contribution in [0.4, 0.5) is 5.82 Å². The van der Waals surface area contributed by atoms with E-state index in [0.717, 1.165) is 27.6 Å². The first-order valence-electron chi connectivity index (χ1n) is 10.6. The van der Waals surface area contributed by atoms with Gasteiger partial charge in [-0.3, -0.25) is 4.79 Å². The van der Waals surface area contributed by atoms with Crippen molar-refractivity contribution in [3.05, 3.63) is 87.6 Å². The Labute approximate surface area is 202 Å². The maximum absolute atomic E-state index is 13.0. The van der Waals surface area contributed by atoms with Crippen LogP contribution in [0.3, 0.4) is 0 Å². The van der Waals surface area contributed by atoms with E-state index in [2.05, 4.69) is 16.5 Å². The van der Waals surface area contributed by atoms with E-state index in [9.17, 15) is 4.79 Å². The molecule has 33 heavy (non-hydrogen) atoms. The highest BCUT2D eigenvalue weighted by Crippen LogP contribution is 2.29. The number of anilines is 1. The van der Waals surface area contributed by atoms with Crippen molar-refractivity contribution in [2.24, 2.45) is 0 Å². The molecular weight excluding hydrogens is 459 g/mol. The van der Waals surface area contributed by atoms with Gasteiger partial charge in [0.05, 0.1) is 13.2 Å². The van der Waals surface area contributed by atoms with Gasteiger partial charge in [-0.25, -0.2) is 0 Å². The Kier molecular flexibility index (Phi) is 7.21. The average molecular weight is 483 g/mol. The molecule has 5 nitrogen and oxygen atoms in total. The molecule has 1 N–H and O–H groups in total. The monoisotopic (exact) mass is 482 g/mol. The molecule has 0 aliphatic carbocycles. The molecule has 0 fully saturated rings. The molecule has 4 aromatic rings. The molecule has 3 aromatic carbocycles. The van der Waals surface area contributed by atoms with Gasteiger partial charge in [0.15, 0.2) is 5.82 Å². The fourth-order valence-corrected chi connectivity index (χ4v) is 4.28. The summed E-state index contributed by atoms with van der Waals surface area (Å²) in [5, 5.41) is 10.7. The highest BCUT2D eigenvalue weighted by atomic mass is 35.5. The van der Waals surface area contributed by atoms with E-state index in [0.29, 0.717) is 40.9 Å². The van der Waals surface area contributed by atoms with Crippen molar-refractivity contribution in [3.8, 4) is 5.75 Å². The summed E-state index contributed by atoms with van der Waals surface area (Å²) in [5.74, 6) is 2.22. The van der Waals surface area contributed by atoms with E-state index in [1.54, 1.807) is 19.2 Å². The summed E-state index contributed by atoms with van der Waals surface area (Å²) in [6, 6.07) is 19.0. The Bertz CT molecular complexity index is 1290. The minimum Gasteiger partial charge on any atom is -0.497 e. The molecule has 1 unspecified atom stereocenters. The zero-order valence-corrected chi connectivity index (χ0v) is 19.9. The number of methoxy groups -OCH3 is 1. The Morgan fingerprint density at radius 3 is 2.58 bits per heavy atom. The SMILES string of the molecule is COc1ccc2cc(C(CC(=O)CCc3ccc(Cl)cc3Cl)Nc3cc(C)on3)ccc2c1. The molecule has 0 bridgehead atoms. The number of fused-ring (bicyclic) bond motifs is 1. The summed E-state index contributed by atoms with van der Waals surface area (Å²) < 4.78 is 10.5. The van der Waals surface area contributed by atoms with Crippen LogP contribution in [0.1, 0.15) is 35.8 Å². The van der Waals surface area contributed by atoms with Crippen LogP contribution in [0.2, 0.25) is 10.0 Å². The minimum atomic E-state index is -0.255. The first-order chi connectivity index (χ1) is 15.9. The minimum absolute atomic E-state index is 0.119. The topological polar surface area (TPSA) is 64.4 Å². The van der Waals surface area contributed by atoms with Gasteiger partial charge >= 0.3 is 0 Å². The lowest BCUT2D eigenvalue weighted by atomic mass is 9.96. The third-order valence-electron chi connectivity index (χ3n) is 5.54. The van der Waals surface area contributed by atoms with Crippen LogP contribution in [0, 0.1) is 6.92 Å². The van der Waals surface area contributed by atoms with Gasteiger partial charge in [-0.2, -0.15) is 0 Å². The number of ether oxygens (including phenoxy) is 1. The third kappa shape index (κ3) is 5.86. The van der Waals surface area contributed by atoms with Crippen molar-refractivity contribution in [3.63, 3.8) is 0 Å². The van der Waals surface area contributed by atoms with Crippen LogP contribution in [-0.4, -0.2) is 18.0 Å². The maximum atomic E-state index is 13.0. The molecule has 4 rings (SSSR count). The molecule has 0 spiro atoms. The lowest BCUT2D eigenvalue weighted by Gasteiger charge is -2.19. The Morgan fingerprint density at radius 2 is 1.85 bits per heavy atom. The maximum Gasteiger partial charge on any atom is 0.170 e. The van der Waals surface area contributed by atoms with Gasteiger partial charge in [0.25, 0.3) is 0 Å². The number of nitrogens with zero attached hydrogens (tertiary/aromatic N) is 1. The second kappa shape index (κ2) is 10.3. The molecule has 1 aromatic heterocycles. The second-order valence-electron chi connectivity index (χ2n) is 7.97. The summed E-state index contributed by atoms with van der Waals surface area (Å²) in [7, 11) is 1.65. The van der Waals surface area contributed by atoms with Gasteiger partial charge in [-0.05, 0) is 65.6 Å². The number of ketones is 1. The Morgan fingerprint density at radius 1 is 1.06 bits per heavy atom. The van der Waals surface area contributed by atoms with E-state index in [4.69, 9.17) is 32.5 Å². The molecule has 7 heteroatoms. The summed E-state index contributed by atoms with van der Waals surface area (Å²) in [6.07, 6.45) is 1.24. The number of benzene rings is 3. The third-order valence-corrected chi connectivity index (χ3v) is 6.13. The molecule has 0 amide bonds. The lowest BCUT2D eigenvalue weighted by Crippen LogP contribution is -2.16. The number of carbonyl (C=O) groups excluding carboxylic acids is 1. The highest BCUT2D eigenvalue weighted by Gasteiger charge is 2.19. The quantitative estimate of drug-likeness (QED) is 0.273. The van der Waals surface area contributed by atoms with Crippen LogP contribution in [0.5, 0.6) is 5.75 Å². The number of aromatic nitrogens is 1. The average Bonchev–Trinajstić information content (AvgIpc) is 3.21. The molecule has 0 saturated carbocycles. The predicted octanol–water partition coefficient (Wildman–Crippen LogP) is 7.20. The number of halogens is 2. The van der Waals surface area contributed by atoms with Gasteiger partial charge in [-0.15, -0.1) is 0 Å². The largest absolute Gasteiger partial charge is 0.497 e. The van der Waals surface area contributed by atoms with E-state index in [1.807, 2.05) is 49.4 Å². The standard InChI is InChI=1S/C26H24Cl2N2O3/c1-16-11-26(30-33-16)29-25(15-22(31)9-6-17-5-8-21(27)14-24(17)28)20-4-3-19-13-23(32-2)10-7-18(19)12-20/h3-5,7-8,10-14,25H,6,9,15H2,1-2H3,(H,29,30). The van der Waals surface area contributed by atoms with Crippen molar-refractivity contribution in [1.82, 2.24) is 5.16 Å². The number of nitrogens with one attached hydrogen (secondary N) is 1. The summed E-state index contributed by atoms with van der Waals surface area (Å²) >= 11 is 12.2. The Balaban J connectivity index is 1.54. The van der Waals surface area contributed by atoms with Crippen LogP contribution in [0.25, 0.3) is 10.8 Å². The molecule has 0 aliphatic heterocycles. The highest BCUT2D eigenvalue weighted by molar-refractivity contribution is 6.35. The first-order valence-corrected chi connectivity index (χ1v) is 11.4. The normalized spacial score (nSPS) is 12.0. The summed E-state index contributed by atoms with van der Waals surface area (Å²) in [4.78, 5) is 13.0. The van der Waals surface area contributed by atoms with E-state index in [1.165, 1.54) is 0 Å². The van der Waals surface area contributed by atoms with Crippen LogP contribution in [0.15, 0.2) is 65.2 Å². The van der Waals surface area contributed by atoms with Crippen LogP contribution >= 0.6 is 23.2 Å². The second-order valence-corrected chi connectivity index (χ2v) is 8.81. The smallest absolute Gasteiger partial charge is 0.170 e. The van der Waals surface area contributed by atoms with Crippen molar-refractivity contribution < 1.29 is 14.1 Å². The van der Waals surface area contributed by atoms with Gasteiger partial charge in [0.2, 0.25) is 0 Å². The van der Waals surface area contributed by atoms with Crippen molar-refractivity contribution >= 4 is 45.6 Å². The van der Waals surface area contributed by atoms with Crippen molar-refractivity contribution in [2.45, 2.75) is 32.2 Å². The van der Waals surface area contributed by atoms with Gasteiger partial charge in [0, 0.05) is 29.0 Å². The number of rotatable bonds is 9. The predicted molar refractivity (Wildman–Crippen MR) is 133 cm³/mol. The van der Waals surface area contributed by atoms with E-state index >= 15 is 0 Å². The molecular formula is C26H24Cl2N2O3. The van der Waals surface area contributed by atoms with E-state index in [-0.39, 0.29) is 11.8 Å². The fraction of sp³-hybridized carbons (Fsp3) is 0.231. The molecule has 0 saturated heterocycles.